The molecule has 106 valence electrons. The van der Waals surface area contributed by atoms with Gasteiger partial charge >= 0.3 is 0 Å². The summed E-state index contributed by atoms with van der Waals surface area (Å²) in [6, 6.07) is 5.97. The molecule has 1 aliphatic heterocycles. The molecule has 0 bridgehead atoms. The van der Waals surface area contributed by atoms with E-state index in [1.807, 2.05) is 12.1 Å². The minimum Gasteiger partial charge on any atom is -0.497 e. The second-order valence-electron chi connectivity index (χ2n) is 5.27. The van der Waals surface area contributed by atoms with Gasteiger partial charge in [-0.2, -0.15) is 0 Å². The van der Waals surface area contributed by atoms with Gasteiger partial charge in [-0.3, -0.25) is 0 Å². The van der Waals surface area contributed by atoms with Crippen molar-refractivity contribution in [2.75, 3.05) is 27.3 Å². The molecule has 4 heteroatoms. The van der Waals surface area contributed by atoms with Gasteiger partial charge in [0.05, 0.1) is 19.8 Å². The van der Waals surface area contributed by atoms with Crippen molar-refractivity contribution < 1.29 is 19.1 Å². The second-order valence-corrected chi connectivity index (χ2v) is 5.27. The Kier molecular flexibility index (Phi) is 4.66. The highest BCUT2D eigenvalue weighted by Gasteiger charge is 2.26. The highest BCUT2D eigenvalue weighted by molar-refractivity contribution is 5.39. The van der Waals surface area contributed by atoms with Crippen LogP contribution in [-0.2, 0) is 11.3 Å². The van der Waals surface area contributed by atoms with Crippen LogP contribution in [0.25, 0.3) is 0 Å². The van der Waals surface area contributed by atoms with E-state index in [0.717, 1.165) is 31.1 Å². The molecule has 2 atom stereocenters. The van der Waals surface area contributed by atoms with Crippen LogP contribution >= 0.6 is 0 Å². The lowest BCUT2D eigenvalue weighted by molar-refractivity contribution is -0.928. The van der Waals surface area contributed by atoms with E-state index in [9.17, 15) is 0 Å². The summed E-state index contributed by atoms with van der Waals surface area (Å²) in [5.41, 5.74) is 1.19. The first kappa shape index (κ1) is 14.2. The molecule has 4 nitrogen and oxygen atoms in total. The quantitative estimate of drug-likeness (QED) is 0.878. The SMILES string of the molecule is COc1ccc(OC)c(C[NH+]2C[C@H](C)O[C@@H](C)C2)c1. The molecule has 0 saturated carbocycles. The summed E-state index contributed by atoms with van der Waals surface area (Å²) in [6.07, 6.45) is 0.630. The largest absolute Gasteiger partial charge is 0.497 e. The van der Waals surface area contributed by atoms with Gasteiger partial charge in [-0.05, 0) is 32.0 Å². The van der Waals surface area contributed by atoms with E-state index < -0.39 is 0 Å². The predicted molar refractivity (Wildman–Crippen MR) is 74.0 cm³/mol. The number of hydrogen-bond acceptors (Lipinski definition) is 3. The molecule has 1 aliphatic rings. The molecule has 1 saturated heterocycles. The zero-order valence-electron chi connectivity index (χ0n) is 12.2. The van der Waals surface area contributed by atoms with Gasteiger partial charge in [0, 0.05) is 0 Å². The smallest absolute Gasteiger partial charge is 0.127 e. The monoisotopic (exact) mass is 266 g/mol. The Balaban J connectivity index is 2.12. The average molecular weight is 266 g/mol. The van der Waals surface area contributed by atoms with Crippen molar-refractivity contribution in [2.24, 2.45) is 0 Å². The number of rotatable bonds is 4. The van der Waals surface area contributed by atoms with Crippen molar-refractivity contribution in [1.29, 1.82) is 0 Å². The third-order valence-corrected chi connectivity index (χ3v) is 3.54. The van der Waals surface area contributed by atoms with Crippen molar-refractivity contribution in [3.8, 4) is 11.5 Å². The predicted octanol–water partition coefficient (Wildman–Crippen LogP) is 0.896. The third kappa shape index (κ3) is 3.61. The van der Waals surface area contributed by atoms with Gasteiger partial charge in [-0.15, -0.1) is 0 Å². The Morgan fingerprint density at radius 1 is 1.16 bits per heavy atom. The molecular weight excluding hydrogens is 242 g/mol. The molecule has 19 heavy (non-hydrogen) atoms. The van der Waals surface area contributed by atoms with Crippen LogP contribution in [0.4, 0.5) is 0 Å². The number of hydrogen-bond donors (Lipinski definition) is 1. The first-order valence-corrected chi connectivity index (χ1v) is 6.82. The zero-order valence-corrected chi connectivity index (χ0v) is 12.2. The summed E-state index contributed by atoms with van der Waals surface area (Å²) in [5, 5.41) is 0. The molecule has 0 unspecified atom stereocenters. The Morgan fingerprint density at radius 2 is 1.84 bits per heavy atom. The van der Waals surface area contributed by atoms with E-state index in [2.05, 4.69) is 19.9 Å². The van der Waals surface area contributed by atoms with E-state index in [4.69, 9.17) is 14.2 Å². The fourth-order valence-electron chi connectivity index (χ4n) is 2.82. The molecule has 1 fully saturated rings. The second kappa shape index (κ2) is 6.26. The van der Waals surface area contributed by atoms with Crippen LogP contribution in [-0.4, -0.2) is 39.5 Å². The van der Waals surface area contributed by atoms with Crippen LogP contribution in [0, 0.1) is 0 Å². The Labute approximate surface area is 115 Å². The first-order chi connectivity index (χ1) is 9.12. The van der Waals surface area contributed by atoms with Gasteiger partial charge in [0.1, 0.15) is 43.3 Å². The van der Waals surface area contributed by atoms with Gasteiger partial charge in [0.25, 0.3) is 0 Å². The maximum absolute atomic E-state index is 5.78. The van der Waals surface area contributed by atoms with Crippen LogP contribution < -0.4 is 14.4 Å². The normalized spacial score (nSPS) is 27.1. The first-order valence-electron chi connectivity index (χ1n) is 6.82. The van der Waals surface area contributed by atoms with Crippen molar-refractivity contribution >= 4 is 0 Å². The number of morpholine rings is 1. The summed E-state index contributed by atoms with van der Waals surface area (Å²) >= 11 is 0. The highest BCUT2D eigenvalue weighted by Crippen LogP contribution is 2.23. The number of benzene rings is 1. The van der Waals surface area contributed by atoms with Gasteiger partial charge < -0.3 is 19.1 Å². The van der Waals surface area contributed by atoms with E-state index in [1.165, 1.54) is 10.5 Å². The molecule has 0 amide bonds. The van der Waals surface area contributed by atoms with Crippen LogP contribution in [0.5, 0.6) is 11.5 Å². The topological polar surface area (TPSA) is 32.1 Å². The minimum absolute atomic E-state index is 0.315. The third-order valence-electron chi connectivity index (χ3n) is 3.54. The Hall–Kier alpha value is -1.26. The maximum atomic E-state index is 5.78. The van der Waals surface area contributed by atoms with E-state index in [-0.39, 0.29) is 0 Å². The number of quaternary nitrogens is 1. The van der Waals surface area contributed by atoms with Gasteiger partial charge in [-0.1, -0.05) is 0 Å². The standard InChI is InChI=1S/C15H23NO3/c1-11-8-16(9-12(2)19-11)10-13-7-14(17-3)5-6-15(13)18-4/h5-7,11-12H,8-10H2,1-4H3/p+1/t11-,12-/m0/s1. The van der Waals surface area contributed by atoms with Crippen LogP contribution in [0.1, 0.15) is 19.4 Å². The van der Waals surface area contributed by atoms with Crippen molar-refractivity contribution in [3.05, 3.63) is 23.8 Å². The minimum atomic E-state index is 0.315. The van der Waals surface area contributed by atoms with Crippen molar-refractivity contribution in [1.82, 2.24) is 0 Å². The number of methoxy groups -OCH3 is 2. The number of ether oxygens (including phenoxy) is 3. The summed E-state index contributed by atoms with van der Waals surface area (Å²) in [4.78, 5) is 1.53. The van der Waals surface area contributed by atoms with Crippen LogP contribution in [0.2, 0.25) is 0 Å². The molecule has 1 aromatic rings. The van der Waals surface area contributed by atoms with Crippen LogP contribution in [0.15, 0.2) is 18.2 Å². The zero-order chi connectivity index (χ0) is 13.8. The molecule has 1 heterocycles. The molecule has 0 aliphatic carbocycles. The average Bonchev–Trinajstić information content (AvgIpc) is 2.37. The lowest BCUT2D eigenvalue weighted by Crippen LogP contribution is -3.14. The highest BCUT2D eigenvalue weighted by atomic mass is 16.5. The van der Waals surface area contributed by atoms with E-state index in [1.54, 1.807) is 14.2 Å². The molecule has 0 spiro atoms. The molecule has 0 aromatic heterocycles. The molecule has 1 aromatic carbocycles. The number of nitrogens with one attached hydrogen (secondary N) is 1. The van der Waals surface area contributed by atoms with Gasteiger partial charge in [0.15, 0.2) is 0 Å². The fourth-order valence-corrected chi connectivity index (χ4v) is 2.82. The Bertz CT molecular complexity index is 412. The summed E-state index contributed by atoms with van der Waals surface area (Å²) in [6.45, 7) is 7.28. The van der Waals surface area contributed by atoms with E-state index >= 15 is 0 Å². The van der Waals surface area contributed by atoms with Gasteiger partial charge in [0.2, 0.25) is 0 Å². The summed E-state index contributed by atoms with van der Waals surface area (Å²) in [5.74, 6) is 1.81. The maximum Gasteiger partial charge on any atom is 0.127 e. The summed E-state index contributed by atoms with van der Waals surface area (Å²) in [7, 11) is 3.41. The van der Waals surface area contributed by atoms with Gasteiger partial charge in [-0.25, -0.2) is 0 Å². The Morgan fingerprint density at radius 3 is 2.42 bits per heavy atom. The lowest BCUT2D eigenvalue weighted by atomic mass is 10.1. The molecular formula is C15H24NO3+. The van der Waals surface area contributed by atoms with Crippen molar-refractivity contribution in [2.45, 2.75) is 32.6 Å². The van der Waals surface area contributed by atoms with Crippen molar-refractivity contribution in [3.63, 3.8) is 0 Å². The van der Waals surface area contributed by atoms with Crippen LogP contribution in [0.3, 0.4) is 0 Å². The summed E-state index contributed by atoms with van der Waals surface area (Å²) < 4.78 is 16.5. The fraction of sp³-hybridized carbons (Fsp3) is 0.600. The lowest BCUT2D eigenvalue weighted by Gasteiger charge is -2.32. The van der Waals surface area contributed by atoms with E-state index in [0.29, 0.717) is 12.2 Å². The molecule has 0 radical (unpaired) electrons. The molecule has 2 rings (SSSR count). The molecule has 1 N–H and O–H groups in total.